The maximum absolute atomic E-state index is 9.39. The monoisotopic (exact) mass is 339 g/mol. The van der Waals surface area contributed by atoms with Crippen molar-refractivity contribution in [1.82, 2.24) is 4.98 Å². The van der Waals surface area contributed by atoms with Gasteiger partial charge in [-0.2, -0.15) is 5.26 Å². The number of methoxy groups -OCH3 is 2. The normalized spacial score (nSPS) is 10.2. The van der Waals surface area contributed by atoms with Crippen molar-refractivity contribution < 1.29 is 9.47 Å². The molecule has 120 valence electrons. The molecular formula is C18H14ClN3O2. The second kappa shape index (κ2) is 6.65. The molecule has 0 aliphatic rings. The lowest BCUT2D eigenvalue weighted by Gasteiger charge is -2.13. The first kappa shape index (κ1) is 15.9. The van der Waals surface area contributed by atoms with Crippen molar-refractivity contribution in [2.24, 2.45) is 0 Å². The zero-order chi connectivity index (χ0) is 17.1. The van der Waals surface area contributed by atoms with Gasteiger partial charge in [-0.25, -0.2) is 0 Å². The lowest BCUT2D eigenvalue weighted by molar-refractivity contribution is 0.415. The van der Waals surface area contributed by atoms with E-state index in [1.165, 1.54) is 6.20 Å². The summed E-state index contributed by atoms with van der Waals surface area (Å²) in [6.45, 7) is 0. The smallest absolute Gasteiger partial charge is 0.137 e. The molecule has 0 saturated carbocycles. The predicted molar refractivity (Wildman–Crippen MR) is 94.3 cm³/mol. The van der Waals surface area contributed by atoms with Crippen LogP contribution >= 0.6 is 11.6 Å². The van der Waals surface area contributed by atoms with Gasteiger partial charge in [0.25, 0.3) is 0 Å². The molecule has 6 heteroatoms. The number of rotatable bonds is 4. The summed E-state index contributed by atoms with van der Waals surface area (Å²) in [5, 5.41) is 14.0. The molecule has 0 spiro atoms. The van der Waals surface area contributed by atoms with Crippen molar-refractivity contribution in [3.8, 4) is 17.6 Å². The number of hydrogen-bond acceptors (Lipinski definition) is 5. The molecule has 1 heterocycles. The molecule has 0 atom stereocenters. The summed E-state index contributed by atoms with van der Waals surface area (Å²) >= 11 is 6.17. The van der Waals surface area contributed by atoms with Crippen molar-refractivity contribution in [2.45, 2.75) is 0 Å². The number of halogens is 1. The van der Waals surface area contributed by atoms with Crippen LogP contribution in [0.3, 0.4) is 0 Å². The molecule has 0 saturated heterocycles. The van der Waals surface area contributed by atoms with Crippen LogP contribution in [0.1, 0.15) is 5.56 Å². The van der Waals surface area contributed by atoms with Crippen LogP contribution in [-0.2, 0) is 0 Å². The molecule has 0 fully saturated rings. The SMILES string of the molecule is COc1ccc2c(Nc3ccc(OC)c(Cl)c3)c(C#N)cnc2c1. The summed E-state index contributed by atoms with van der Waals surface area (Å²) in [5.74, 6) is 1.30. The number of ether oxygens (including phenoxy) is 2. The molecular weight excluding hydrogens is 326 g/mol. The highest BCUT2D eigenvalue weighted by Crippen LogP contribution is 2.33. The van der Waals surface area contributed by atoms with Gasteiger partial charge in [-0.1, -0.05) is 11.6 Å². The van der Waals surface area contributed by atoms with Crippen LogP contribution in [0.25, 0.3) is 10.9 Å². The van der Waals surface area contributed by atoms with Gasteiger partial charge in [-0.05, 0) is 30.3 Å². The molecule has 5 nitrogen and oxygen atoms in total. The van der Waals surface area contributed by atoms with Crippen LogP contribution in [0.4, 0.5) is 11.4 Å². The molecule has 1 aromatic heterocycles. The van der Waals surface area contributed by atoms with E-state index in [9.17, 15) is 5.26 Å². The molecule has 0 aliphatic carbocycles. The predicted octanol–water partition coefficient (Wildman–Crippen LogP) is 4.52. The van der Waals surface area contributed by atoms with Crippen molar-refractivity contribution in [1.29, 1.82) is 5.26 Å². The maximum atomic E-state index is 9.39. The Balaban J connectivity index is 2.10. The zero-order valence-corrected chi connectivity index (χ0v) is 13.9. The second-order valence-corrected chi connectivity index (χ2v) is 5.42. The second-order valence-electron chi connectivity index (χ2n) is 5.02. The fraction of sp³-hybridized carbons (Fsp3) is 0.111. The quantitative estimate of drug-likeness (QED) is 0.756. The van der Waals surface area contributed by atoms with Gasteiger partial charge >= 0.3 is 0 Å². The number of hydrogen-bond donors (Lipinski definition) is 1. The van der Waals surface area contributed by atoms with E-state index in [-0.39, 0.29) is 0 Å². The van der Waals surface area contributed by atoms with Crippen molar-refractivity contribution in [3.63, 3.8) is 0 Å². The maximum Gasteiger partial charge on any atom is 0.137 e. The van der Waals surface area contributed by atoms with Gasteiger partial charge in [0.05, 0.1) is 36.0 Å². The van der Waals surface area contributed by atoms with Gasteiger partial charge in [-0.3, -0.25) is 4.98 Å². The van der Waals surface area contributed by atoms with E-state index in [4.69, 9.17) is 21.1 Å². The Morgan fingerprint density at radius 1 is 1.12 bits per heavy atom. The van der Waals surface area contributed by atoms with Gasteiger partial charge in [-0.15, -0.1) is 0 Å². The van der Waals surface area contributed by atoms with E-state index in [2.05, 4.69) is 16.4 Å². The minimum absolute atomic E-state index is 0.444. The summed E-state index contributed by atoms with van der Waals surface area (Å²) < 4.78 is 10.4. The first-order valence-electron chi connectivity index (χ1n) is 7.13. The van der Waals surface area contributed by atoms with Crippen molar-refractivity contribution in [2.75, 3.05) is 19.5 Å². The Bertz CT molecular complexity index is 951. The molecule has 3 aromatic rings. The molecule has 2 aromatic carbocycles. The van der Waals surface area contributed by atoms with E-state index in [1.807, 2.05) is 24.3 Å². The average molecular weight is 340 g/mol. The number of benzene rings is 2. The van der Waals surface area contributed by atoms with Crippen LogP contribution in [-0.4, -0.2) is 19.2 Å². The minimum atomic E-state index is 0.444. The van der Waals surface area contributed by atoms with Gasteiger partial charge in [0, 0.05) is 23.3 Å². The third kappa shape index (κ3) is 2.92. The summed E-state index contributed by atoms with van der Waals surface area (Å²) in [5.41, 5.74) is 2.60. The van der Waals surface area contributed by atoms with Gasteiger partial charge < -0.3 is 14.8 Å². The van der Waals surface area contributed by atoms with E-state index in [1.54, 1.807) is 26.4 Å². The summed E-state index contributed by atoms with van der Waals surface area (Å²) in [7, 11) is 3.16. The highest BCUT2D eigenvalue weighted by atomic mass is 35.5. The fourth-order valence-electron chi connectivity index (χ4n) is 2.41. The number of pyridine rings is 1. The molecule has 0 aliphatic heterocycles. The third-order valence-electron chi connectivity index (χ3n) is 3.62. The first-order chi connectivity index (χ1) is 11.7. The number of nitrogens with one attached hydrogen (secondary N) is 1. The first-order valence-corrected chi connectivity index (χ1v) is 7.51. The van der Waals surface area contributed by atoms with E-state index >= 15 is 0 Å². The Morgan fingerprint density at radius 2 is 1.96 bits per heavy atom. The van der Waals surface area contributed by atoms with Gasteiger partial charge in [0.15, 0.2) is 0 Å². The topological polar surface area (TPSA) is 67.2 Å². The molecule has 1 N–H and O–H groups in total. The van der Waals surface area contributed by atoms with E-state index in [0.29, 0.717) is 27.8 Å². The minimum Gasteiger partial charge on any atom is -0.497 e. The van der Waals surface area contributed by atoms with Crippen LogP contribution in [0, 0.1) is 11.3 Å². The molecule has 0 radical (unpaired) electrons. The summed E-state index contributed by atoms with van der Waals surface area (Å²) in [4.78, 5) is 4.32. The number of fused-ring (bicyclic) bond motifs is 1. The van der Waals surface area contributed by atoms with Crippen molar-refractivity contribution >= 4 is 33.9 Å². The van der Waals surface area contributed by atoms with E-state index < -0.39 is 0 Å². The van der Waals surface area contributed by atoms with Gasteiger partial charge in [0.2, 0.25) is 0 Å². The highest BCUT2D eigenvalue weighted by Gasteiger charge is 2.11. The lowest BCUT2D eigenvalue weighted by Crippen LogP contribution is -1.97. The van der Waals surface area contributed by atoms with Crippen LogP contribution in [0.15, 0.2) is 42.6 Å². The summed E-state index contributed by atoms with van der Waals surface area (Å²) in [6, 6.07) is 13.0. The van der Waals surface area contributed by atoms with Crippen LogP contribution in [0.5, 0.6) is 11.5 Å². The molecule has 0 bridgehead atoms. The Morgan fingerprint density at radius 3 is 2.62 bits per heavy atom. The molecule has 3 rings (SSSR count). The van der Waals surface area contributed by atoms with Crippen LogP contribution in [0.2, 0.25) is 5.02 Å². The van der Waals surface area contributed by atoms with Gasteiger partial charge in [0.1, 0.15) is 17.6 Å². The number of aromatic nitrogens is 1. The molecule has 24 heavy (non-hydrogen) atoms. The van der Waals surface area contributed by atoms with Crippen LogP contribution < -0.4 is 14.8 Å². The summed E-state index contributed by atoms with van der Waals surface area (Å²) in [6.07, 6.45) is 1.54. The molecule has 0 unspecified atom stereocenters. The van der Waals surface area contributed by atoms with Crippen molar-refractivity contribution in [3.05, 3.63) is 53.2 Å². The standard InChI is InChI=1S/C18H14ClN3O2/c1-23-13-4-5-14-16(8-13)21-10-11(9-20)18(14)22-12-3-6-17(24-2)15(19)7-12/h3-8,10H,1-2H3,(H,21,22). The Hall–Kier alpha value is -2.97. The number of nitriles is 1. The van der Waals surface area contributed by atoms with E-state index in [0.717, 1.165) is 16.6 Å². The highest BCUT2D eigenvalue weighted by molar-refractivity contribution is 6.32. The Labute approximate surface area is 144 Å². The number of nitrogens with zero attached hydrogens (tertiary/aromatic N) is 2. The fourth-order valence-corrected chi connectivity index (χ4v) is 2.67. The molecule has 0 amide bonds. The lowest BCUT2D eigenvalue weighted by atomic mass is 10.1. The largest absolute Gasteiger partial charge is 0.497 e. The average Bonchev–Trinajstić information content (AvgIpc) is 2.61. The zero-order valence-electron chi connectivity index (χ0n) is 13.1. The number of anilines is 2. The Kier molecular flexibility index (Phi) is 4.41. The third-order valence-corrected chi connectivity index (χ3v) is 3.91.